The summed E-state index contributed by atoms with van der Waals surface area (Å²) in [5.41, 5.74) is 1.08. The lowest BCUT2D eigenvalue weighted by atomic mass is 10.1. The summed E-state index contributed by atoms with van der Waals surface area (Å²) >= 11 is 2.83. The minimum absolute atomic E-state index is 0.0477. The van der Waals surface area contributed by atoms with Crippen LogP contribution in [0, 0.1) is 0 Å². The second-order valence-corrected chi connectivity index (χ2v) is 8.73. The highest BCUT2D eigenvalue weighted by Gasteiger charge is 2.19. The Kier molecular flexibility index (Phi) is 8.69. The molecule has 2 aromatic heterocycles. The predicted molar refractivity (Wildman–Crippen MR) is 125 cm³/mol. The number of amides is 1. The highest BCUT2D eigenvalue weighted by molar-refractivity contribution is 7.99. The third-order valence-electron chi connectivity index (χ3n) is 4.64. The molecule has 0 aliphatic carbocycles. The molecule has 1 N–H and O–H groups in total. The normalized spacial score (nSPS) is 11.7. The van der Waals surface area contributed by atoms with E-state index < -0.39 is 12.1 Å². The van der Waals surface area contributed by atoms with E-state index in [4.69, 9.17) is 9.47 Å². The molecule has 1 amide bonds. The Morgan fingerprint density at radius 2 is 2.00 bits per heavy atom. The van der Waals surface area contributed by atoms with Gasteiger partial charge >= 0.3 is 5.97 Å². The first kappa shape index (κ1) is 23.8. The van der Waals surface area contributed by atoms with Gasteiger partial charge in [-0.3, -0.25) is 9.59 Å². The van der Waals surface area contributed by atoms with Gasteiger partial charge in [0.25, 0.3) is 5.91 Å². The van der Waals surface area contributed by atoms with Crippen molar-refractivity contribution in [3.05, 3.63) is 47.3 Å². The highest BCUT2D eigenvalue weighted by Crippen LogP contribution is 2.27. The quantitative estimate of drug-likeness (QED) is 0.336. The summed E-state index contributed by atoms with van der Waals surface area (Å²) in [6.45, 7) is 4.70. The van der Waals surface area contributed by atoms with E-state index >= 15 is 0 Å². The molecule has 0 fully saturated rings. The number of nitrogens with zero attached hydrogens (tertiary/aromatic N) is 3. The average molecular weight is 475 g/mol. The maximum absolute atomic E-state index is 12.2. The van der Waals surface area contributed by atoms with Crippen LogP contribution in [0.2, 0.25) is 0 Å². The van der Waals surface area contributed by atoms with Gasteiger partial charge in [-0.25, -0.2) is 0 Å². The molecule has 3 rings (SSSR count). The van der Waals surface area contributed by atoms with Gasteiger partial charge in [-0.05, 0) is 49.4 Å². The summed E-state index contributed by atoms with van der Waals surface area (Å²) < 4.78 is 12.4. The van der Waals surface area contributed by atoms with E-state index in [0.717, 1.165) is 22.0 Å². The molecule has 2 heterocycles. The van der Waals surface area contributed by atoms with E-state index in [2.05, 4.69) is 15.5 Å². The zero-order valence-corrected chi connectivity index (χ0v) is 19.9. The number of benzene rings is 1. The van der Waals surface area contributed by atoms with Crippen LogP contribution in [-0.4, -0.2) is 52.2 Å². The molecule has 1 unspecified atom stereocenters. The van der Waals surface area contributed by atoms with Crippen LogP contribution in [0.4, 0.5) is 0 Å². The molecule has 1 atom stereocenters. The van der Waals surface area contributed by atoms with Crippen molar-refractivity contribution in [2.75, 3.05) is 19.4 Å². The fourth-order valence-electron chi connectivity index (χ4n) is 2.94. The topological polar surface area (TPSA) is 95.3 Å². The van der Waals surface area contributed by atoms with Crippen LogP contribution in [0.3, 0.4) is 0 Å². The van der Waals surface area contributed by atoms with E-state index in [1.165, 1.54) is 11.8 Å². The summed E-state index contributed by atoms with van der Waals surface area (Å²) in [6.07, 6.45) is -0.199. The fourth-order valence-corrected chi connectivity index (χ4v) is 4.45. The van der Waals surface area contributed by atoms with Crippen molar-refractivity contribution >= 4 is 35.0 Å². The summed E-state index contributed by atoms with van der Waals surface area (Å²) in [4.78, 5) is 25.5. The number of hydrogen-bond acceptors (Lipinski definition) is 8. The first-order chi connectivity index (χ1) is 15.5. The molecule has 3 aromatic rings. The Labute approximate surface area is 195 Å². The largest absolute Gasteiger partial charge is 0.497 e. The van der Waals surface area contributed by atoms with Crippen molar-refractivity contribution in [3.8, 4) is 16.5 Å². The van der Waals surface area contributed by atoms with Crippen molar-refractivity contribution in [1.29, 1.82) is 0 Å². The average Bonchev–Trinajstić information content (AvgIpc) is 3.47. The summed E-state index contributed by atoms with van der Waals surface area (Å²) in [7, 11) is 1.62. The van der Waals surface area contributed by atoms with Crippen LogP contribution in [0.1, 0.15) is 19.4 Å². The van der Waals surface area contributed by atoms with E-state index in [9.17, 15) is 9.59 Å². The maximum Gasteiger partial charge on any atom is 0.317 e. The number of carbonyl (C=O) groups excluding carboxylic acids is 2. The van der Waals surface area contributed by atoms with Crippen LogP contribution in [0.25, 0.3) is 10.7 Å². The van der Waals surface area contributed by atoms with Gasteiger partial charge in [0.2, 0.25) is 0 Å². The lowest BCUT2D eigenvalue weighted by molar-refractivity contribution is -0.152. The Bertz CT molecular complexity index is 1020. The van der Waals surface area contributed by atoms with Crippen molar-refractivity contribution < 1.29 is 19.1 Å². The molecular weight excluding hydrogens is 448 g/mol. The number of methoxy groups -OCH3 is 1. The zero-order chi connectivity index (χ0) is 22.9. The van der Waals surface area contributed by atoms with E-state index in [-0.39, 0.29) is 11.7 Å². The number of carbonyl (C=O) groups is 2. The monoisotopic (exact) mass is 474 g/mol. The van der Waals surface area contributed by atoms with Gasteiger partial charge in [-0.2, -0.15) is 0 Å². The Balaban J connectivity index is 1.42. The summed E-state index contributed by atoms with van der Waals surface area (Å²) in [6, 6.07) is 11.6. The van der Waals surface area contributed by atoms with Gasteiger partial charge in [0.15, 0.2) is 17.1 Å². The minimum Gasteiger partial charge on any atom is -0.497 e. The molecule has 0 bridgehead atoms. The van der Waals surface area contributed by atoms with Crippen LogP contribution in [0.5, 0.6) is 5.75 Å². The molecule has 10 heteroatoms. The third-order valence-corrected chi connectivity index (χ3v) is 6.45. The number of aromatic nitrogens is 3. The van der Waals surface area contributed by atoms with Crippen LogP contribution in [-0.2, 0) is 27.3 Å². The zero-order valence-electron chi connectivity index (χ0n) is 18.2. The van der Waals surface area contributed by atoms with Crippen molar-refractivity contribution in [2.45, 2.75) is 38.1 Å². The third kappa shape index (κ3) is 6.33. The maximum atomic E-state index is 12.2. The summed E-state index contributed by atoms with van der Waals surface area (Å²) in [5, 5.41) is 13.9. The first-order valence-electron chi connectivity index (χ1n) is 10.2. The van der Waals surface area contributed by atoms with Crippen LogP contribution < -0.4 is 10.1 Å². The van der Waals surface area contributed by atoms with Crippen molar-refractivity contribution in [3.63, 3.8) is 0 Å². The number of thiophene rings is 1. The smallest absolute Gasteiger partial charge is 0.317 e. The second kappa shape index (κ2) is 11.7. The molecule has 0 spiro atoms. The predicted octanol–water partition coefficient (Wildman–Crippen LogP) is 3.42. The lowest BCUT2D eigenvalue weighted by Gasteiger charge is -2.13. The molecule has 170 valence electrons. The first-order valence-corrected chi connectivity index (χ1v) is 12.1. The fraction of sp³-hybridized carbons (Fsp3) is 0.364. The Morgan fingerprint density at radius 1 is 1.22 bits per heavy atom. The van der Waals surface area contributed by atoms with Crippen LogP contribution in [0.15, 0.2) is 46.9 Å². The molecule has 0 saturated heterocycles. The number of ether oxygens (including phenoxy) is 2. The van der Waals surface area contributed by atoms with Gasteiger partial charge in [0, 0.05) is 13.1 Å². The standard InChI is InChI=1S/C22H26N4O4S2/c1-4-26-20(18-6-5-13-31-18)24-25-22(26)32-14-19(27)30-15(2)21(28)23-12-11-16-7-9-17(29-3)10-8-16/h5-10,13,15H,4,11-12,14H2,1-3H3,(H,23,28). The molecule has 1 aromatic carbocycles. The molecule has 0 radical (unpaired) electrons. The van der Waals surface area contributed by atoms with E-state index in [1.807, 2.05) is 53.3 Å². The molecule has 8 nitrogen and oxygen atoms in total. The van der Waals surface area contributed by atoms with E-state index in [1.54, 1.807) is 25.4 Å². The number of thioether (sulfide) groups is 1. The Morgan fingerprint density at radius 3 is 2.66 bits per heavy atom. The number of nitrogens with one attached hydrogen (secondary N) is 1. The van der Waals surface area contributed by atoms with Crippen molar-refractivity contribution in [1.82, 2.24) is 20.1 Å². The lowest BCUT2D eigenvalue weighted by Crippen LogP contribution is -2.37. The number of esters is 1. The van der Waals surface area contributed by atoms with Gasteiger partial charge in [-0.1, -0.05) is 30.0 Å². The van der Waals surface area contributed by atoms with E-state index in [0.29, 0.717) is 24.7 Å². The SMILES string of the molecule is CCn1c(SCC(=O)OC(C)C(=O)NCCc2ccc(OC)cc2)nnc1-c1cccs1. The molecule has 32 heavy (non-hydrogen) atoms. The van der Waals surface area contributed by atoms with Gasteiger partial charge in [0.05, 0.1) is 17.7 Å². The van der Waals surface area contributed by atoms with Gasteiger partial charge < -0.3 is 19.4 Å². The van der Waals surface area contributed by atoms with Crippen LogP contribution >= 0.6 is 23.1 Å². The minimum atomic E-state index is -0.871. The summed E-state index contributed by atoms with van der Waals surface area (Å²) in [5.74, 6) is 0.815. The number of hydrogen-bond donors (Lipinski definition) is 1. The van der Waals surface area contributed by atoms with Gasteiger partial charge in [-0.15, -0.1) is 21.5 Å². The number of rotatable bonds is 11. The Hall–Kier alpha value is -2.85. The molecule has 0 aliphatic heterocycles. The molecule has 0 saturated carbocycles. The second-order valence-electron chi connectivity index (χ2n) is 6.84. The highest BCUT2D eigenvalue weighted by atomic mass is 32.2. The molecule has 0 aliphatic rings. The molecular formula is C22H26N4O4S2. The van der Waals surface area contributed by atoms with Crippen molar-refractivity contribution in [2.24, 2.45) is 0 Å². The van der Waals surface area contributed by atoms with Gasteiger partial charge in [0.1, 0.15) is 5.75 Å².